The molecule has 2 nitrogen and oxygen atoms in total. The number of halogens is 2. The number of benzene rings is 1. The molecule has 18 heavy (non-hydrogen) atoms. The zero-order valence-electron chi connectivity index (χ0n) is 10.7. The lowest BCUT2D eigenvalue weighted by Crippen LogP contribution is -2.37. The van der Waals surface area contributed by atoms with E-state index in [0.29, 0.717) is 16.4 Å². The molecule has 2 rings (SSSR count). The topological polar surface area (TPSA) is 29.3 Å². The molecule has 1 aliphatic rings. The monoisotopic (exact) mass is 314 g/mol. The summed E-state index contributed by atoms with van der Waals surface area (Å²) >= 11 is 3.25. The van der Waals surface area contributed by atoms with Crippen LogP contribution in [-0.2, 0) is 0 Å². The van der Waals surface area contributed by atoms with Gasteiger partial charge in [-0.3, -0.25) is 4.90 Å². The Morgan fingerprint density at radius 1 is 1.44 bits per heavy atom. The average Bonchev–Trinajstić information content (AvgIpc) is 2.41. The van der Waals surface area contributed by atoms with E-state index >= 15 is 0 Å². The third kappa shape index (κ3) is 3.11. The fourth-order valence-electron chi connectivity index (χ4n) is 2.56. The minimum absolute atomic E-state index is 0.201. The van der Waals surface area contributed by atoms with E-state index in [9.17, 15) is 4.39 Å². The normalized spacial score (nSPS) is 20.0. The molecule has 1 fully saturated rings. The lowest BCUT2D eigenvalue weighted by atomic mass is 9.95. The Morgan fingerprint density at radius 2 is 2.11 bits per heavy atom. The largest absolute Gasteiger partial charge is 0.330 e. The predicted octanol–water partition coefficient (Wildman–Crippen LogP) is 3.32. The first-order valence-electron chi connectivity index (χ1n) is 6.51. The maximum absolute atomic E-state index is 13.2. The van der Waals surface area contributed by atoms with E-state index in [1.807, 2.05) is 12.1 Å². The molecule has 1 unspecified atom stereocenters. The SMILES string of the molecule is CC(c1ccc(F)c(Br)c1)N1CCC(CN)CC1. The highest BCUT2D eigenvalue weighted by atomic mass is 79.9. The minimum atomic E-state index is -0.201. The van der Waals surface area contributed by atoms with Gasteiger partial charge in [0.2, 0.25) is 0 Å². The van der Waals surface area contributed by atoms with Gasteiger partial charge >= 0.3 is 0 Å². The van der Waals surface area contributed by atoms with Crippen LogP contribution < -0.4 is 5.73 Å². The molecular weight excluding hydrogens is 295 g/mol. The van der Waals surface area contributed by atoms with E-state index in [-0.39, 0.29) is 5.82 Å². The van der Waals surface area contributed by atoms with E-state index < -0.39 is 0 Å². The second-order valence-corrected chi connectivity index (χ2v) is 5.92. The van der Waals surface area contributed by atoms with E-state index in [4.69, 9.17) is 5.73 Å². The van der Waals surface area contributed by atoms with Crippen molar-refractivity contribution < 1.29 is 4.39 Å². The summed E-state index contributed by atoms with van der Waals surface area (Å²) in [7, 11) is 0. The van der Waals surface area contributed by atoms with Crippen molar-refractivity contribution in [2.24, 2.45) is 11.7 Å². The van der Waals surface area contributed by atoms with E-state index in [1.54, 1.807) is 0 Å². The number of nitrogens with zero attached hydrogens (tertiary/aromatic N) is 1. The molecule has 1 aromatic carbocycles. The van der Waals surface area contributed by atoms with Crippen molar-refractivity contribution in [3.8, 4) is 0 Å². The molecular formula is C14H20BrFN2. The number of likely N-dealkylation sites (tertiary alicyclic amines) is 1. The van der Waals surface area contributed by atoms with Gasteiger partial charge in [0.25, 0.3) is 0 Å². The molecule has 100 valence electrons. The van der Waals surface area contributed by atoms with Gasteiger partial charge in [0.05, 0.1) is 4.47 Å². The van der Waals surface area contributed by atoms with Gasteiger partial charge in [-0.05, 0) is 78.9 Å². The second kappa shape index (κ2) is 6.13. The molecule has 1 heterocycles. The molecule has 2 N–H and O–H groups in total. The van der Waals surface area contributed by atoms with Crippen LogP contribution in [0.2, 0.25) is 0 Å². The number of hydrogen-bond donors (Lipinski definition) is 1. The van der Waals surface area contributed by atoms with Gasteiger partial charge in [-0.25, -0.2) is 4.39 Å². The smallest absolute Gasteiger partial charge is 0.137 e. The summed E-state index contributed by atoms with van der Waals surface area (Å²) in [5, 5.41) is 0. The molecule has 0 amide bonds. The van der Waals surface area contributed by atoms with Crippen molar-refractivity contribution in [2.45, 2.75) is 25.8 Å². The van der Waals surface area contributed by atoms with Gasteiger partial charge in [-0.1, -0.05) is 6.07 Å². The van der Waals surface area contributed by atoms with Crippen LogP contribution >= 0.6 is 15.9 Å². The molecule has 0 radical (unpaired) electrons. The predicted molar refractivity (Wildman–Crippen MR) is 75.9 cm³/mol. The summed E-state index contributed by atoms with van der Waals surface area (Å²) < 4.78 is 13.8. The maximum atomic E-state index is 13.2. The van der Waals surface area contributed by atoms with E-state index in [0.717, 1.165) is 25.2 Å². The summed E-state index contributed by atoms with van der Waals surface area (Å²) in [6, 6.07) is 5.62. The van der Waals surface area contributed by atoms with Crippen molar-refractivity contribution in [3.63, 3.8) is 0 Å². The molecule has 1 aliphatic heterocycles. The Hall–Kier alpha value is -0.450. The lowest BCUT2D eigenvalue weighted by molar-refractivity contribution is 0.143. The Kier molecular flexibility index (Phi) is 4.76. The quantitative estimate of drug-likeness (QED) is 0.927. The highest BCUT2D eigenvalue weighted by molar-refractivity contribution is 9.10. The molecule has 0 aromatic heterocycles. The first kappa shape index (κ1) is 14.0. The summed E-state index contributed by atoms with van der Waals surface area (Å²) in [5.41, 5.74) is 6.87. The van der Waals surface area contributed by atoms with Gasteiger partial charge in [-0.15, -0.1) is 0 Å². The molecule has 0 spiro atoms. The highest BCUT2D eigenvalue weighted by Crippen LogP contribution is 2.28. The van der Waals surface area contributed by atoms with Crippen LogP contribution in [0.4, 0.5) is 4.39 Å². The molecule has 1 aromatic rings. The van der Waals surface area contributed by atoms with Crippen molar-refractivity contribution in [2.75, 3.05) is 19.6 Å². The second-order valence-electron chi connectivity index (χ2n) is 5.06. The van der Waals surface area contributed by atoms with Gasteiger partial charge in [0.1, 0.15) is 5.82 Å². The van der Waals surface area contributed by atoms with Gasteiger partial charge in [-0.2, -0.15) is 0 Å². The highest BCUT2D eigenvalue weighted by Gasteiger charge is 2.23. The zero-order valence-corrected chi connectivity index (χ0v) is 12.3. The molecule has 0 bridgehead atoms. The molecule has 1 saturated heterocycles. The Morgan fingerprint density at radius 3 is 2.67 bits per heavy atom. The van der Waals surface area contributed by atoms with Crippen LogP contribution in [0.1, 0.15) is 31.4 Å². The minimum Gasteiger partial charge on any atom is -0.330 e. The van der Waals surface area contributed by atoms with Crippen molar-refractivity contribution in [1.82, 2.24) is 4.90 Å². The fraction of sp³-hybridized carbons (Fsp3) is 0.571. The number of piperidine rings is 1. The van der Waals surface area contributed by atoms with Crippen LogP contribution in [0.3, 0.4) is 0 Å². The molecule has 4 heteroatoms. The van der Waals surface area contributed by atoms with Crippen LogP contribution in [0, 0.1) is 11.7 Å². The third-order valence-electron chi connectivity index (χ3n) is 3.96. The number of rotatable bonds is 3. The Labute approximate surface area is 116 Å². The lowest BCUT2D eigenvalue weighted by Gasteiger charge is -2.36. The summed E-state index contributed by atoms with van der Waals surface area (Å²) in [6.07, 6.45) is 2.34. The summed E-state index contributed by atoms with van der Waals surface area (Å²) in [4.78, 5) is 2.45. The Balaban J connectivity index is 2.03. The Bertz CT molecular complexity index is 403. The fourth-order valence-corrected chi connectivity index (χ4v) is 2.96. The number of hydrogen-bond acceptors (Lipinski definition) is 2. The zero-order chi connectivity index (χ0) is 13.1. The maximum Gasteiger partial charge on any atom is 0.137 e. The van der Waals surface area contributed by atoms with Gasteiger partial charge in [0, 0.05) is 6.04 Å². The summed E-state index contributed by atoms with van der Waals surface area (Å²) in [6.45, 7) is 5.14. The molecule has 0 saturated carbocycles. The first-order chi connectivity index (χ1) is 8.61. The van der Waals surface area contributed by atoms with Crippen LogP contribution in [-0.4, -0.2) is 24.5 Å². The van der Waals surface area contributed by atoms with E-state index in [1.165, 1.54) is 18.9 Å². The molecule has 1 atom stereocenters. The van der Waals surface area contributed by atoms with Gasteiger partial charge in [0.15, 0.2) is 0 Å². The average molecular weight is 315 g/mol. The summed E-state index contributed by atoms with van der Waals surface area (Å²) in [5.74, 6) is 0.473. The van der Waals surface area contributed by atoms with Crippen molar-refractivity contribution in [3.05, 3.63) is 34.1 Å². The van der Waals surface area contributed by atoms with Gasteiger partial charge < -0.3 is 5.73 Å². The van der Waals surface area contributed by atoms with Crippen LogP contribution in [0.15, 0.2) is 22.7 Å². The van der Waals surface area contributed by atoms with Crippen molar-refractivity contribution >= 4 is 15.9 Å². The third-order valence-corrected chi connectivity index (χ3v) is 4.56. The van der Waals surface area contributed by atoms with Crippen LogP contribution in [0.5, 0.6) is 0 Å². The first-order valence-corrected chi connectivity index (χ1v) is 7.30. The standard InChI is InChI=1S/C14H20BrFN2/c1-10(12-2-3-14(16)13(15)8-12)18-6-4-11(9-17)5-7-18/h2-3,8,10-11H,4-7,9,17H2,1H3. The van der Waals surface area contributed by atoms with E-state index in [2.05, 4.69) is 27.8 Å². The van der Waals surface area contributed by atoms with Crippen molar-refractivity contribution in [1.29, 1.82) is 0 Å². The number of nitrogens with two attached hydrogens (primary N) is 1. The molecule has 0 aliphatic carbocycles. The van der Waals surface area contributed by atoms with Crippen LogP contribution in [0.25, 0.3) is 0 Å².